The summed E-state index contributed by atoms with van der Waals surface area (Å²) in [6.07, 6.45) is 1.17. The standard InChI is InChI=1S/C11H22N2S/c1-6-9-8-12(7-2)10(14)13(9)11(3,4)5/h9H,6-8H2,1-5H3. The normalized spacial score (nSPS) is 23.5. The summed E-state index contributed by atoms with van der Waals surface area (Å²) in [5, 5.41) is 1.03. The monoisotopic (exact) mass is 214 g/mol. The maximum absolute atomic E-state index is 5.50. The van der Waals surface area contributed by atoms with Gasteiger partial charge in [0, 0.05) is 24.7 Å². The van der Waals surface area contributed by atoms with Crippen molar-refractivity contribution in [3.05, 3.63) is 0 Å². The van der Waals surface area contributed by atoms with E-state index >= 15 is 0 Å². The Bertz CT molecular complexity index is 220. The van der Waals surface area contributed by atoms with E-state index in [1.54, 1.807) is 0 Å². The van der Waals surface area contributed by atoms with Gasteiger partial charge in [-0.2, -0.15) is 0 Å². The number of nitrogens with zero attached hydrogens (tertiary/aromatic N) is 2. The fourth-order valence-electron chi connectivity index (χ4n) is 2.13. The zero-order valence-electron chi connectivity index (χ0n) is 10.0. The van der Waals surface area contributed by atoms with E-state index in [4.69, 9.17) is 12.2 Å². The lowest BCUT2D eigenvalue weighted by Gasteiger charge is -2.37. The van der Waals surface area contributed by atoms with Gasteiger partial charge in [-0.05, 0) is 46.3 Å². The van der Waals surface area contributed by atoms with Crippen LogP contribution in [0.5, 0.6) is 0 Å². The Labute approximate surface area is 93.3 Å². The molecule has 0 radical (unpaired) electrons. The molecular weight excluding hydrogens is 192 g/mol. The summed E-state index contributed by atoms with van der Waals surface area (Å²) in [6, 6.07) is 0.599. The minimum absolute atomic E-state index is 0.154. The topological polar surface area (TPSA) is 6.48 Å². The summed E-state index contributed by atoms with van der Waals surface area (Å²) in [4.78, 5) is 4.70. The molecule has 82 valence electrons. The molecule has 1 rings (SSSR count). The maximum atomic E-state index is 5.50. The van der Waals surface area contributed by atoms with Crippen LogP contribution in [-0.2, 0) is 0 Å². The highest BCUT2D eigenvalue weighted by atomic mass is 32.1. The first-order valence-electron chi connectivity index (χ1n) is 5.50. The molecule has 1 unspecified atom stereocenters. The summed E-state index contributed by atoms with van der Waals surface area (Å²) in [5.41, 5.74) is 0.154. The molecule has 3 heteroatoms. The predicted octanol–water partition coefficient (Wildman–Crippen LogP) is 2.49. The van der Waals surface area contributed by atoms with Gasteiger partial charge in [-0.25, -0.2) is 0 Å². The Morgan fingerprint density at radius 2 is 1.93 bits per heavy atom. The van der Waals surface area contributed by atoms with Gasteiger partial charge in [0.25, 0.3) is 0 Å². The number of hydrogen-bond donors (Lipinski definition) is 0. The zero-order chi connectivity index (χ0) is 10.9. The van der Waals surface area contributed by atoms with Crippen molar-refractivity contribution < 1.29 is 0 Å². The van der Waals surface area contributed by atoms with Gasteiger partial charge in [0.15, 0.2) is 5.11 Å². The van der Waals surface area contributed by atoms with Crippen LogP contribution in [0.4, 0.5) is 0 Å². The first kappa shape index (κ1) is 11.8. The second-order valence-electron chi connectivity index (χ2n) is 4.92. The molecule has 0 aliphatic carbocycles. The van der Waals surface area contributed by atoms with Crippen molar-refractivity contribution in [3.63, 3.8) is 0 Å². The molecule has 1 aliphatic rings. The number of rotatable bonds is 2. The fourth-order valence-corrected chi connectivity index (χ4v) is 2.76. The highest BCUT2D eigenvalue weighted by molar-refractivity contribution is 7.80. The van der Waals surface area contributed by atoms with Crippen LogP contribution in [0.25, 0.3) is 0 Å². The number of likely N-dealkylation sites (N-methyl/N-ethyl adjacent to an activating group) is 1. The van der Waals surface area contributed by atoms with Crippen LogP contribution in [0.1, 0.15) is 41.0 Å². The Balaban J connectivity index is 2.86. The first-order chi connectivity index (χ1) is 6.41. The van der Waals surface area contributed by atoms with Crippen molar-refractivity contribution in [3.8, 4) is 0 Å². The minimum atomic E-state index is 0.154. The lowest BCUT2D eigenvalue weighted by Crippen LogP contribution is -2.47. The van der Waals surface area contributed by atoms with Crippen molar-refractivity contribution in [2.24, 2.45) is 0 Å². The van der Waals surface area contributed by atoms with Gasteiger partial charge in [-0.3, -0.25) is 0 Å². The molecule has 0 amide bonds. The van der Waals surface area contributed by atoms with Crippen molar-refractivity contribution in [2.45, 2.75) is 52.6 Å². The largest absolute Gasteiger partial charge is 0.347 e. The maximum Gasteiger partial charge on any atom is 0.172 e. The van der Waals surface area contributed by atoms with Gasteiger partial charge in [-0.15, -0.1) is 0 Å². The third-order valence-corrected chi connectivity index (χ3v) is 3.30. The number of thiocarbonyl (C=S) groups is 1. The molecule has 0 aromatic rings. The molecule has 2 nitrogen and oxygen atoms in total. The van der Waals surface area contributed by atoms with Crippen LogP contribution >= 0.6 is 12.2 Å². The average molecular weight is 214 g/mol. The third kappa shape index (κ3) is 2.02. The second kappa shape index (κ2) is 4.05. The molecule has 0 bridgehead atoms. The lowest BCUT2D eigenvalue weighted by molar-refractivity contribution is 0.197. The van der Waals surface area contributed by atoms with Crippen LogP contribution in [0.2, 0.25) is 0 Å². The highest BCUT2D eigenvalue weighted by Crippen LogP contribution is 2.27. The van der Waals surface area contributed by atoms with Gasteiger partial charge in [0.1, 0.15) is 0 Å². The molecular formula is C11H22N2S. The zero-order valence-corrected chi connectivity index (χ0v) is 10.8. The van der Waals surface area contributed by atoms with E-state index in [1.807, 2.05) is 0 Å². The summed E-state index contributed by atoms with van der Waals surface area (Å²) < 4.78 is 0. The van der Waals surface area contributed by atoms with E-state index in [-0.39, 0.29) is 5.54 Å². The Morgan fingerprint density at radius 1 is 1.36 bits per heavy atom. The smallest absolute Gasteiger partial charge is 0.172 e. The summed E-state index contributed by atoms with van der Waals surface area (Å²) >= 11 is 5.50. The van der Waals surface area contributed by atoms with Gasteiger partial charge >= 0.3 is 0 Å². The van der Waals surface area contributed by atoms with Crippen molar-refractivity contribution >= 4 is 17.3 Å². The third-order valence-electron chi connectivity index (χ3n) is 2.85. The van der Waals surface area contributed by atoms with Crippen LogP contribution in [-0.4, -0.2) is 39.6 Å². The minimum Gasteiger partial charge on any atom is -0.347 e. The van der Waals surface area contributed by atoms with Gasteiger partial charge in [0.05, 0.1) is 0 Å². The summed E-state index contributed by atoms with van der Waals surface area (Å²) in [7, 11) is 0. The molecule has 1 heterocycles. The molecule has 1 aliphatic heterocycles. The van der Waals surface area contributed by atoms with Crippen molar-refractivity contribution in [2.75, 3.05) is 13.1 Å². The Morgan fingerprint density at radius 3 is 2.21 bits per heavy atom. The lowest BCUT2D eigenvalue weighted by atomic mass is 10.0. The van der Waals surface area contributed by atoms with E-state index in [9.17, 15) is 0 Å². The second-order valence-corrected chi connectivity index (χ2v) is 5.29. The molecule has 0 saturated carbocycles. The van der Waals surface area contributed by atoms with E-state index in [0.717, 1.165) is 18.2 Å². The van der Waals surface area contributed by atoms with E-state index < -0.39 is 0 Å². The predicted molar refractivity (Wildman–Crippen MR) is 65.5 cm³/mol. The van der Waals surface area contributed by atoms with Gasteiger partial charge in [0.2, 0.25) is 0 Å². The molecule has 14 heavy (non-hydrogen) atoms. The molecule has 1 saturated heterocycles. The average Bonchev–Trinajstić information content (AvgIpc) is 2.40. The molecule has 0 aromatic carbocycles. The molecule has 0 N–H and O–H groups in total. The Hall–Kier alpha value is -0.310. The van der Waals surface area contributed by atoms with Gasteiger partial charge in [-0.1, -0.05) is 6.92 Å². The fraction of sp³-hybridized carbons (Fsp3) is 0.909. The molecule has 1 atom stereocenters. The van der Waals surface area contributed by atoms with E-state index in [2.05, 4.69) is 44.4 Å². The van der Waals surface area contributed by atoms with Crippen LogP contribution < -0.4 is 0 Å². The molecule has 0 spiro atoms. The summed E-state index contributed by atoms with van der Waals surface area (Å²) in [6.45, 7) is 13.3. The molecule has 0 aromatic heterocycles. The van der Waals surface area contributed by atoms with Crippen molar-refractivity contribution in [1.82, 2.24) is 9.80 Å². The van der Waals surface area contributed by atoms with Gasteiger partial charge < -0.3 is 9.80 Å². The van der Waals surface area contributed by atoms with Crippen LogP contribution in [0.15, 0.2) is 0 Å². The SMILES string of the molecule is CCC1CN(CC)C(=S)N1C(C)(C)C. The highest BCUT2D eigenvalue weighted by Gasteiger charge is 2.38. The van der Waals surface area contributed by atoms with Crippen LogP contribution in [0, 0.1) is 0 Å². The number of hydrogen-bond acceptors (Lipinski definition) is 1. The first-order valence-corrected chi connectivity index (χ1v) is 5.90. The van der Waals surface area contributed by atoms with E-state index in [1.165, 1.54) is 6.42 Å². The van der Waals surface area contributed by atoms with Crippen molar-refractivity contribution in [1.29, 1.82) is 0 Å². The summed E-state index contributed by atoms with van der Waals surface area (Å²) in [5.74, 6) is 0. The Kier molecular flexibility index (Phi) is 3.40. The molecule has 1 fully saturated rings. The van der Waals surface area contributed by atoms with Crippen LogP contribution in [0.3, 0.4) is 0 Å². The quantitative estimate of drug-likeness (QED) is 0.652. The van der Waals surface area contributed by atoms with E-state index in [0.29, 0.717) is 6.04 Å².